The Morgan fingerprint density at radius 3 is 2.55 bits per heavy atom. The zero-order chi connectivity index (χ0) is 23.8. The van der Waals surface area contributed by atoms with E-state index >= 15 is 0 Å². The molecule has 33 heavy (non-hydrogen) atoms. The van der Waals surface area contributed by atoms with Gasteiger partial charge in [-0.1, -0.05) is 29.8 Å². The molecule has 0 saturated carbocycles. The smallest absolute Gasteiger partial charge is 0.205 e. The summed E-state index contributed by atoms with van der Waals surface area (Å²) in [6.07, 6.45) is 7.22. The molecule has 3 aromatic rings. The Kier molecular flexibility index (Phi) is 8.72. The summed E-state index contributed by atoms with van der Waals surface area (Å²) in [5, 5.41) is 0.311. The summed E-state index contributed by atoms with van der Waals surface area (Å²) >= 11 is 6.51. The molecule has 0 amide bonds. The fraction of sp³-hybridized carbons (Fsp3) is 0.360. The first kappa shape index (κ1) is 24.6. The molecular weight excluding hydrogens is 447 g/mol. The number of halogens is 2. The van der Waals surface area contributed by atoms with E-state index < -0.39 is 0 Å². The van der Waals surface area contributed by atoms with Gasteiger partial charge in [-0.2, -0.15) is 0 Å². The summed E-state index contributed by atoms with van der Waals surface area (Å²) in [7, 11) is 1.49. The van der Waals surface area contributed by atoms with E-state index in [1.54, 1.807) is 31.6 Å². The summed E-state index contributed by atoms with van der Waals surface area (Å²) in [6, 6.07) is 6.74. The van der Waals surface area contributed by atoms with Crippen LogP contribution in [0.25, 0.3) is 0 Å². The maximum atomic E-state index is 13.8. The molecule has 2 aromatic carbocycles. The number of methoxy groups -OCH3 is 1. The lowest BCUT2D eigenvalue weighted by Crippen LogP contribution is -2.13. The fourth-order valence-corrected chi connectivity index (χ4v) is 3.86. The van der Waals surface area contributed by atoms with Crippen molar-refractivity contribution in [2.75, 3.05) is 20.3 Å². The Morgan fingerprint density at radius 2 is 1.88 bits per heavy atom. The Labute approximate surface area is 198 Å². The Balaban J connectivity index is 1.76. The van der Waals surface area contributed by atoms with Crippen LogP contribution in [0.1, 0.15) is 41.3 Å². The Hall–Kier alpha value is -3.06. The van der Waals surface area contributed by atoms with Gasteiger partial charge in [-0.3, -0.25) is 4.79 Å². The van der Waals surface area contributed by atoms with E-state index in [4.69, 9.17) is 25.8 Å². The van der Waals surface area contributed by atoms with E-state index in [-0.39, 0.29) is 11.6 Å². The van der Waals surface area contributed by atoms with Crippen molar-refractivity contribution in [1.82, 2.24) is 9.55 Å². The number of carbonyl (C=O) groups excluding carboxylic acids is 1. The van der Waals surface area contributed by atoms with Crippen LogP contribution in [0.2, 0.25) is 5.02 Å². The highest BCUT2D eigenvalue weighted by molar-refractivity contribution is 6.34. The third kappa shape index (κ3) is 6.05. The zero-order valence-electron chi connectivity index (χ0n) is 19.1. The average molecular weight is 475 g/mol. The molecule has 1 heterocycles. The predicted molar refractivity (Wildman–Crippen MR) is 125 cm³/mol. The molecule has 0 radical (unpaired) electrons. The third-order valence-electron chi connectivity index (χ3n) is 5.30. The summed E-state index contributed by atoms with van der Waals surface area (Å²) in [5.41, 5.74) is 1.62. The highest BCUT2D eigenvalue weighted by atomic mass is 35.5. The number of ketones is 1. The van der Waals surface area contributed by atoms with Crippen LogP contribution in [-0.4, -0.2) is 35.7 Å². The van der Waals surface area contributed by atoms with Crippen LogP contribution in [0.5, 0.6) is 17.2 Å². The van der Waals surface area contributed by atoms with E-state index in [0.29, 0.717) is 71.6 Å². The van der Waals surface area contributed by atoms with Crippen LogP contribution >= 0.6 is 11.6 Å². The molecule has 0 fully saturated rings. The third-order valence-corrected chi connectivity index (χ3v) is 5.75. The van der Waals surface area contributed by atoms with Crippen LogP contribution in [0.3, 0.4) is 0 Å². The number of benzene rings is 2. The number of hydrogen-bond donors (Lipinski definition) is 0. The number of rotatable bonds is 12. The summed E-state index contributed by atoms with van der Waals surface area (Å²) in [6.45, 7) is 4.39. The van der Waals surface area contributed by atoms with Gasteiger partial charge in [-0.05, 0) is 50.3 Å². The van der Waals surface area contributed by atoms with E-state index in [0.717, 1.165) is 6.42 Å². The number of imidazole rings is 1. The molecule has 0 bridgehead atoms. The Morgan fingerprint density at radius 1 is 1.12 bits per heavy atom. The maximum Gasteiger partial charge on any atom is 0.205 e. The lowest BCUT2D eigenvalue weighted by Gasteiger charge is -2.21. The zero-order valence-corrected chi connectivity index (χ0v) is 19.8. The number of Topliss-reactive ketones (excluding diaryl/α,β-unsaturated/α-hetero) is 1. The van der Waals surface area contributed by atoms with Gasteiger partial charge in [0.25, 0.3) is 0 Å². The topological polar surface area (TPSA) is 62.6 Å². The van der Waals surface area contributed by atoms with Gasteiger partial charge in [0.05, 0.1) is 37.2 Å². The number of hydrogen-bond acceptors (Lipinski definition) is 5. The van der Waals surface area contributed by atoms with Gasteiger partial charge in [0, 0.05) is 12.4 Å². The number of unbranched alkanes of at least 4 members (excludes halogenated alkanes) is 1. The number of aryl methyl sites for hydroxylation is 1. The SMILES string of the molecule is COc1c(Cl)c(C)c(C(C)=O)c(OCCn2ccnc2)c1OCCCCc1ccccc1F. The second kappa shape index (κ2) is 11.7. The summed E-state index contributed by atoms with van der Waals surface area (Å²) in [5.74, 6) is 0.556. The molecule has 3 rings (SSSR count). The molecule has 0 aliphatic carbocycles. The van der Waals surface area contributed by atoms with Crippen molar-refractivity contribution < 1.29 is 23.4 Å². The average Bonchev–Trinajstić information content (AvgIpc) is 3.31. The van der Waals surface area contributed by atoms with Gasteiger partial charge in [0.2, 0.25) is 5.75 Å². The summed E-state index contributed by atoms with van der Waals surface area (Å²) in [4.78, 5) is 16.5. The molecular formula is C25H28ClFN2O4. The van der Waals surface area contributed by atoms with E-state index in [1.807, 2.05) is 16.8 Å². The monoisotopic (exact) mass is 474 g/mol. The normalized spacial score (nSPS) is 10.8. The molecule has 1 aromatic heterocycles. The lowest BCUT2D eigenvalue weighted by molar-refractivity contribution is 0.101. The maximum absolute atomic E-state index is 13.8. The quantitative estimate of drug-likeness (QED) is 0.250. The lowest BCUT2D eigenvalue weighted by atomic mass is 10.0. The molecule has 0 atom stereocenters. The highest BCUT2D eigenvalue weighted by Crippen LogP contribution is 2.48. The Bertz CT molecular complexity index is 1090. The van der Waals surface area contributed by atoms with Crippen molar-refractivity contribution in [1.29, 1.82) is 0 Å². The molecule has 176 valence electrons. The first-order valence-corrected chi connectivity index (χ1v) is 11.2. The van der Waals surface area contributed by atoms with Gasteiger partial charge in [0.15, 0.2) is 17.3 Å². The van der Waals surface area contributed by atoms with Crippen LogP contribution < -0.4 is 14.2 Å². The van der Waals surface area contributed by atoms with Gasteiger partial charge in [-0.25, -0.2) is 9.37 Å². The second-order valence-corrected chi connectivity index (χ2v) is 7.99. The van der Waals surface area contributed by atoms with Crippen LogP contribution in [-0.2, 0) is 13.0 Å². The van der Waals surface area contributed by atoms with Gasteiger partial charge >= 0.3 is 0 Å². The van der Waals surface area contributed by atoms with Crippen molar-refractivity contribution in [3.8, 4) is 17.2 Å². The van der Waals surface area contributed by atoms with Gasteiger partial charge in [0.1, 0.15) is 12.4 Å². The van der Waals surface area contributed by atoms with Crippen molar-refractivity contribution in [2.45, 2.75) is 39.7 Å². The second-order valence-electron chi connectivity index (χ2n) is 7.61. The first-order chi connectivity index (χ1) is 15.9. The largest absolute Gasteiger partial charge is 0.491 e. The fourth-order valence-electron chi connectivity index (χ4n) is 3.61. The minimum atomic E-state index is -0.204. The first-order valence-electron chi connectivity index (χ1n) is 10.8. The molecule has 0 aliphatic rings. The molecule has 0 unspecified atom stereocenters. The van der Waals surface area contributed by atoms with Crippen LogP contribution in [0.4, 0.5) is 4.39 Å². The van der Waals surface area contributed by atoms with E-state index in [1.165, 1.54) is 20.1 Å². The molecule has 0 aliphatic heterocycles. The van der Waals surface area contributed by atoms with Crippen LogP contribution in [0.15, 0.2) is 43.0 Å². The number of carbonyl (C=O) groups is 1. The van der Waals surface area contributed by atoms with Crippen molar-refractivity contribution in [2.24, 2.45) is 0 Å². The molecule has 0 spiro atoms. The molecule has 0 saturated heterocycles. The molecule has 0 N–H and O–H groups in total. The molecule has 6 nitrogen and oxygen atoms in total. The minimum absolute atomic E-state index is 0.181. The van der Waals surface area contributed by atoms with Crippen LogP contribution in [0, 0.1) is 12.7 Å². The van der Waals surface area contributed by atoms with Crippen molar-refractivity contribution >= 4 is 17.4 Å². The van der Waals surface area contributed by atoms with Gasteiger partial charge < -0.3 is 18.8 Å². The number of ether oxygens (including phenoxy) is 3. The summed E-state index contributed by atoms with van der Waals surface area (Å²) < 4.78 is 33.3. The number of aromatic nitrogens is 2. The van der Waals surface area contributed by atoms with E-state index in [9.17, 15) is 9.18 Å². The highest BCUT2D eigenvalue weighted by Gasteiger charge is 2.27. The van der Waals surface area contributed by atoms with E-state index in [2.05, 4.69) is 4.98 Å². The standard InChI is InChI=1S/C25H28ClFN2O4/c1-17-21(18(2)30)23(33-15-13-29-12-11-28-16-29)25(24(31-3)22(17)26)32-14-7-6-9-19-8-4-5-10-20(19)27/h4-5,8,10-12,16H,6-7,9,13-15H2,1-3H3. The molecule has 8 heteroatoms. The van der Waals surface area contributed by atoms with Crippen molar-refractivity contribution in [3.05, 3.63) is 70.5 Å². The minimum Gasteiger partial charge on any atom is -0.491 e. The number of nitrogens with zero attached hydrogens (tertiary/aromatic N) is 2. The van der Waals surface area contributed by atoms with Gasteiger partial charge in [-0.15, -0.1) is 0 Å². The van der Waals surface area contributed by atoms with Crippen molar-refractivity contribution in [3.63, 3.8) is 0 Å². The predicted octanol–water partition coefficient (Wildman–Crippen LogP) is 5.68.